The van der Waals surface area contributed by atoms with Crippen LogP contribution in [-0.4, -0.2) is 20.3 Å². The third-order valence-corrected chi connectivity index (χ3v) is 4.78. The van der Waals surface area contributed by atoms with E-state index in [0.717, 1.165) is 41.2 Å². The van der Waals surface area contributed by atoms with Gasteiger partial charge < -0.3 is 5.32 Å². The summed E-state index contributed by atoms with van der Waals surface area (Å²) in [5, 5.41) is 7.37. The number of para-hydroxylation sites is 1. The highest BCUT2D eigenvalue weighted by Crippen LogP contribution is 2.39. The van der Waals surface area contributed by atoms with Crippen LogP contribution in [0.1, 0.15) is 35.7 Å². The van der Waals surface area contributed by atoms with E-state index in [1.165, 1.54) is 4.68 Å². The first-order valence-corrected chi connectivity index (χ1v) is 9.15. The second kappa shape index (κ2) is 6.87. The first-order valence-electron chi connectivity index (χ1n) is 9.15. The van der Waals surface area contributed by atoms with Crippen LogP contribution in [0.5, 0.6) is 0 Å². The molecule has 27 heavy (non-hydrogen) atoms. The van der Waals surface area contributed by atoms with E-state index in [9.17, 15) is 9.59 Å². The normalized spacial score (nSPS) is 13.6. The monoisotopic (exact) mass is 362 g/mol. The van der Waals surface area contributed by atoms with Gasteiger partial charge in [0, 0.05) is 11.6 Å². The molecule has 0 radical (unpaired) electrons. The number of anilines is 1. The first kappa shape index (κ1) is 17.3. The Bertz CT molecular complexity index is 1050. The van der Waals surface area contributed by atoms with Crippen LogP contribution in [0, 0.1) is 13.8 Å². The fourth-order valence-corrected chi connectivity index (χ4v) is 3.15. The van der Waals surface area contributed by atoms with Crippen LogP contribution in [0.3, 0.4) is 0 Å². The predicted octanol–water partition coefficient (Wildman–Crippen LogP) is 3.17. The summed E-state index contributed by atoms with van der Waals surface area (Å²) in [5.41, 5.74) is 3.31. The zero-order valence-electron chi connectivity index (χ0n) is 15.5. The average molecular weight is 362 g/mol. The van der Waals surface area contributed by atoms with Gasteiger partial charge in [0.1, 0.15) is 12.4 Å². The van der Waals surface area contributed by atoms with Gasteiger partial charge in [0.15, 0.2) is 0 Å². The largest absolute Gasteiger partial charge is 0.351 e. The Balaban J connectivity index is 1.62. The SMILES string of the molecule is Cc1ccc(C)c(NC(=O)Cn2nc(C3CC3)n(-c3ccccc3)c2=O)c1. The van der Waals surface area contributed by atoms with E-state index in [2.05, 4.69) is 10.4 Å². The number of carbonyl (C=O) groups excluding carboxylic acids is 1. The van der Waals surface area contributed by atoms with E-state index < -0.39 is 0 Å². The molecule has 1 aliphatic carbocycles. The summed E-state index contributed by atoms with van der Waals surface area (Å²) < 4.78 is 2.89. The zero-order chi connectivity index (χ0) is 19.0. The lowest BCUT2D eigenvalue weighted by Crippen LogP contribution is -2.29. The molecule has 0 bridgehead atoms. The smallest absolute Gasteiger partial charge is 0.324 e. The molecule has 1 amide bonds. The number of hydrogen-bond donors (Lipinski definition) is 1. The Kier molecular flexibility index (Phi) is 4.39. The minimum Gasteiger partial charge on any atom is -0.324 e. The number of nitrogens with one attached hydrogen (secondary N) is 1. The highest BCUT2D eigenvalue weighted by Gasteiger charge is 2.31. The van der Waals surface area contributed by atoms with Crippen molar-refractivity contribution in [3.8, 4) is 5.69 Å². The number of carbonyl (C=O) groups is 1. The summed E-state index contributed by atoms with van der Waals surface area (Å²) in [5.74, 6) is 0.776. The number of rotatable bonds is 5. The maximum atomic E-state index is 12.9. The molecule has 0 aliphatic heterocycles. The van der Waals surface area contributed by atoms with Gasteiger partial charge in [-0.15, -0.1) is 0 Å². The molecule has 3 aromatic rings. The minimum absolute atomic E-state index is 0.105. The van der Waals surface area contributed by atoms with Gasteiger partial charge in [-0.3, -0.25) is 4.79 Å². The Hall–Kier alpha value is -3.15. The van der Waals surface area contributed by atoms with Crippen molar-refractivity contribution >= 4 is 11.6 Å². The van der Waals surface area contributed by atoms with Gasteiger partial charge in [-0.05, 0) is 56.0 Å². The Labute approximate surface area is 157 Å². The Morgan fingerprint density at radius 1 is 1.15 bits per heavy atom. The lowest BCUT2D eigenvalue weighted by molar-refractivity contribution is -0.117. The topological polar surface area (TPSA) is 68.9 Å². The van der Waals surface area contributed by atoms with E-state index in [-0.39, 0.29) is 18.1 Å². The third kappa shape index (κ3) is 3.56. The van der Waals surface area contributed by atoms with Crippen molar-refractivity contribution in [1.82, 2.24) is 14.3 Å². The zero-order valence-corrected chi connectivity index (χ0v) is 15.5. The van der Waals surface area contributed by atoms with Crippen LogP contribution in [0.25, 0.3) is 5.69 Å². The molecular weight excluding hydrogens is 340 g/mol. The Morgan fingerprint density at radius 2 is 1.89 bits per heavy atom. The maximum absolute atomic E-state index is 12.9. The standard InChI is InChI=1S/C21H22N4O2/c1-14-8-9-15(2)18(12-14)22-19(26)13-24-21(27)25(17-6-4-3-5-7-17)20(23-24)16-10-11-16/h3-9,12,16H,10-11,13H2,1-2H3,(H,22,26). The lowest BCUT2D eigenvalue weighted by Gasteiger charge is -2.09. The van der Waals surface area contributed by atoms with Crippen LogP contribution < -0.4 is 11.0 Å². The van der Waals surface area contributed by atoms with Gasteiger partial charge in [-0.2, -0.15) is 5.10 Å². The summed E-state index contributed by atoms with van der Waals surface area (Å²) in [6.07, 6.45) is 2.05. The molecule has 1 fully saturated rings. The number of aryl methyl sites for hydroxylation is 2. The lowest BCUT2D eigenvalue weighted by atomic mass is 10.1. The van der Waals surface area contributed by atoms with Crippen molar-refractivity contribution in [2.24, 2.45) is 0 Å². The molecule has 1 aromatic heterocycles. The van der Waals surface area contributed by atoms with Crippen molar-refractivity contribution in [2.75, 3.05) is 5.32 Å². The number of hydrogen-bond acceptors (Lipinski definition) is 3. The van der Waals surface area contributed by atoms with Gasteiger partial charge in [0.2, 0.25) is 5.91 Å². The van der Waals surface area contributed by atoms with Gasteiger partial charge >= 0.3 is 5.69 Å². The molecule has 6 heteroatoms. The first-order chi connectivity index (χ1) is 13.0. The fraction of sp³-hybridized carbons (Fsp3) is 0.286. The molecule has 138 valence electrons. The van der Waals surface area contributed by atoms with E-state index in [4.69, 9.17) is 0 Å². The molecule has 4 rings (SSSR count). The van der Waals surface area contributed by atoms with Gasteiger partial charge in [-0.1, -0.05) is 30.3 Å². The number of nitrogens with zero attached hydrogens (tertiary/aromatic N) is 3. The van der Waals surface area contributed by atoms with E-state index in [0.29, 0.717) is 5.92 Å². The van der Waals surface area contributed by atoms with Crippen molar-refractivity contribution in [3.05, 3.63) is 76.0 Å². The molecule has 6 nitrogen and oxygen atoms in total. The second-order valence-corrected chi connectivity index (χ2v) is 7.11. The number of benzene rings is 2. The summed E-state index contributed by atoms with van der Waals surface area (Å²) in [7, 11) is 0. The van der Waals surface area contributed by atoms with Crippen LogP contribution >= 0.6 is 0 Å². The minimum atomic E-state index is -0.279. The van der Waals surface area contributed by atoms with Crippen LogP contribution in [0.2, 0.25) is 0 Å². The number of aromatic nitrogens is 3. The number of amides is 1. The summed E-state index contributed by atoms with van der Waals surface area (Å²) in [4.78, 5) is 25.4. The molecule has 0 atom stereocenters. The highest BCUT2D eigenvalue weighted by molar-refractivity contribution is 5.91. The quantitative estimate of drug-likeness (QED) is 0.758. The van der Waals surface area contributed by atoms with Crippen molar-refractivity contribution in [1.29, 1.82) is 0 Å². The van der Waals surface area contributed by atoms with Crippen molar-refractivity contribution in [2.45, 2.75) is 39.2 Å². The second-order valence-electron chi connectivity index (χ2n) is 7.11. The van der Waals surface area contributed by atoms with Crippen LogP contribution in [-0.2, 0) is 11.3 Å². The average Bonchev–Trinajstić information content (AvgIpc) is 3.44. The molecule has 0 saturated heterocycles. The van der Waals surface area contributed by atoms with E-state index >= 15 is 0 Å². The molecule has 0 spiro atoms. The predicted molar refractivity (Wildman–Crippen MR) is 104 cm³/mol. The molecule has 0 unspecified atom stereocenters. The van der Waals surface area contributed by atoms with Crippen LogP contribution in [0.15, 0.2) is 53.3 Å². The van der Waals surface area contributed by atoms with Crippen LogP contribution in [0.4, 0.5) is 5.69 Å². The molecule has 1 saturated carbocycles. The summed E-state index contributed by atoms with van der Waals surface area (Å²) >= 11 is 0. The van der Waals surface area contributed by atoms with Gasteiger partial charge in [-0.25, -0.2) is 14.0 Å². The van der Waals surface area contributed by atoms with Gasteiger partial charge in [0.25, 0.3) is 0 Å². The third-order valence-electron chi connectivity index (χ3n) is 4.78. The van der Waals surface area contributed by atoms with Gasteiger partial charge in [0.05, 0.1) is 5.69 Å². The molecule has 1 N–H and O–H groups in total. The van der Waals surface area contributed by atoms with Crippen molar-refractivity contribution < 1.29 is 4.79 Å². The highest BCUT2D eigenvalue weighted by atomic mass is 16.2. The Morgan fingerprint density at radius 3 is 2.59 bits per heavy atom. The molecule has 1 heterocycles. The molecule has 2 aromatic carbocycles. The molecule has 1 aliphatic rings. The fourth-order valence-electron chi connectivity index (χ4n) is 3.15. The molecular formula is C21H22N4O2. The van der Waals surface area contributed by atoms with Crippen molar-refractivity contribution in [3.63, 3.8) is 0 Å². The summed E-state index contributed by atoms with van der Waals surface area (Å²) in [6.45, 7) is 3.81. The summed E-state index contributed by atoms with van der Waals surface area (Å²) in [6, 6.07) is 15.4. The van der Waals surface area contributed by atoms with E-state index in [1.807, 2.05) is 62.4 Å². The van der Waals surface area contributed by atoms with E-state index in [1.54, 1.807) is 4.57 Å². The maximum Gasteiger partial charge on any atom is 0.351 e.